The summed E-state index contributed by atoms with van der Waals surface area (Å²) in [6.45, 7) is 2.29. The Bertz CT molecular complexity index is 572. The quantitative estimate of drug-likeness (QED) is 0.774. The van der Waals surface area contributed by atoms with Crippen LogP contribution in [-0.2, 0) is 16.0 Å². The topological polar surface area (TPSA) is 53.4 Å². The van der Waals surface area contributed by atoms with Gasteiger partial charge in [0.05, 0.1) is 18.4 Å². The molecule has 0 aliphatic rings. The van der Waals surface area contributed by atoms with Gasteiger partial charge < -0.3 is 9.47 Å². The fraction of sp³-hybridized carbons (Fsp3) is 0.455. The number of hydrogen-bond acceptors (Lipinski definition) is 5. The molecule has 0 saturated carbocycles. The lowest BCUT2D eigenvalue weighted by molar-refractivity contribution is -0.111. The van der Waals surface area contributed by atoms with Crippen LogP contribution in [0.25, 0.3) is 10.2 Å². The average Bonchev–Trinajstić information content (AvgIpc) is 2.71. The molecule has 0 atom stereocenters. The molecule has 0 N–H and O–H groups in total. The van der Waals surface area contributed by atoms with Crippen molar-refractivity contribution in [2.24, 2.45) is 0 Å². The van der Waals surface area contributed by atoms with Crippen LogP contribution < -0.4 is 5.56 Å². The summed E-state index contributed by atoms with van der Waals surface area (Å²) in [7, 11) is 3.08. The number of aromatic nitrogens is 2. The Balaban J connectivity index is 2.43. The number of ether oxygens (including phenoxy) is 2. The highest BCUT2D eigenvalue weighted by atomic mass is 32.1. The molecule has 0 spiro atoms. The highest BCUT2D eigenvalue weighted by molar-refractivity contribution is 7.17. The summed E-state index contributed by atoms with van der Waals surface area (Å²) in [5.74, 6) is 0. The summed E-state index contributed by atoms with van der Waals surface area (Å²) in [6, 6.07) is 0. The van der Waals surface area contributed by atoms with E-state index in [0.717, 1.165) is 11.1 Å². The van der Waals surface area contributed by atoms with E-state index < -0.39 is 6.29 Å². The van der Waals surface area contributed by atoms with E-state index in [-0.39, 0.29) is 5.56 Å². The van der Waals surface area contributed by atoms with E-state index >= 15 is 0 Å². The van der Waals surface area contributed by atoms with Crippen molar-refractivity contribution in [2.75, 3.05) is 14.2 Å². The molecule has 92 valence electrons. The number of aryl methyl sites for hydroxylation is 1. The minimum atomic E-state index is -0.437. The van der Waals surface area contributed by atoms with Gasteiger partial charge in [-0.2, -0.15) is 0 Å². The molecule has 0 aliphatic heterocycles. The minimum absolute atomic E-state index is 0.0489. The summed E-state index contributed by atoms with van der Waals surface area (Å²) < 4.78 is 12.3. The normalized spacial score (nSPS) is 11.5. The number of methoxy groups -OCH3 is 2. The zero-order valence-electron chi connectivity index (χ0n) is 9.97. The molecular formula is C11H14N2O3S. The van der Waals surface area contributed by atoms with Gasteiger partial charge in [-0.05, 0) is 17.9 Å². The van der Waals surface area contributed by atoms with Gasteiger partial charge >= 0.3 is 0 Å². The molecule has 0 fully saturated rings. The van der Waals surface area contributed by atoms with Crippen LogP contribution in [0.4, 0.5) is 0 Å². The summed E-state index contributed by atoms with van der Waals surface area (Å²) in [5, 5.41) is 1.94. The molecule has 2 rings (SSSR count). The third kappa shape index (κ3) is 2.24. The second-order valence-corrected chi connectivity index (χ2v) is 4.58. The van der Waals surface area contributed by atoms with E-state index in [1.165, 1.54) is 22.2 Å². The van der Waals surface area contributed by atoms with Gasteiger partial charge in [0.25, 0.3) is 5.56 Å². The first-order valence-electron chi connectivity index (χ1n) is 5.16. The van der Waals surface area contributed by atoms with Gasteiger partial charge in [-0.3, -0.25) is 9.36 Å². The number of rotatable bonds is 4. The Morgan fingerprint density at radius 2 is 2.18 bits per heavy atom. The molecular weight excluding hydrogens is 240 g/mol. The molecule has 0 aliphatic carbocycles. The van der Waals surface area contributed by atoms with Crippen molar-refractivity contribution in [3.05, 3.63) is 27.6 Å². The monoisotopic (exact) mass is 254 g/mol. The van der Waals surface area contributed by atoms with Crippen LogP contribution in [0, 0.1) is 6.92 Å². The van der Waals surface area contributed by atoms with Gasteiger partial charge in [-0.25, -0.2) is 4.98 Å². The van der Waals surface area contributed by atoms with Crippen LogP contribution >= 0.6 is 11.3 Å². The Morgan fingerprint density at radius 1 is 1.47 bits per heavy atom. The van der Waals surface area contributed by atoms with Crippen molar-refractivity contribution < 1.29 is 9.47 Å². The maximum absolute atomic E-state index is 12.1. The lowest BCUT2D eigenvalue weighted by Gasteiger charge is -2.14. The van der Waals surface area contributed by atoms with Gasteiger partial charge in [0, 0.05) is 14.2 Å². The molecule has 0 radical (unpaired) electrons. The van der Waals surface area contributed by atoms with E-state index in [4.69, 9.17) is 9.47 Å². The average molecular weight is 254 g/mol. The molecule has 0 saturated heterocycles. The molecule has 2 aromatic heterocycles. The Kier molecular flexibility index (Phi) is 3.56. The van der Waals surface area contributed by atoms with Gasteiger partial charge in [-0.1, -0.05) is 0 Å². The number of hydrogen-bond donors (Lipinski definition) is 0. The van der Waals surface area contributed by atoms with Crippen molar-refractivity contribution in [2.45, 2.75) is 19.8 Å². The molecule has 2 heterocycles. The first-order chi connectivity index (χ1) is 8.17. The van der Waals surface area contributed by atoms with Crippen LogP contribution in [0.3, 0.4) is 0 Å². The zero-order valence-corrected chi connectivity index (χ0v) is 10.8. The fourth-order valence-corrected chi connectivity index (χ4v) is 2.55. The summed E-state index contributed by atoms with van der Waals surface area (Å²) in [5.41, 5.74) is 1.76. The molecule has 0 unspecified atom stereocenters. The van der Waals surface area contributed by atoms with Crippen molar-refractivity contribution >= 4 is 21.6 Å². The van der Waals surface area contributed by atoms with Gasteiger partial charge in [-0.15, -0.1) is 11.3 Å². The van der Waals surface area contributed by atoms with Crippen LogP contribution in [-0.4, -0.2) is 30.1 Å². The maximum atomic E-state index is 12.1. The standard InChI is InChI=1S/C11H14N2O3S/c1-7-5-17-10-9(7)12-6-13(11(10)14)4-8(15-2)16-3/h5-6,8H,4H2,1-3H3. The van der Waals surface area contributed by atoms with Crippen molar-refractivity contribution in [1.29, 1.82) is 0 Å². The molecule has 17 heavy (non-hydrogen) atoms. The predicted molar refractivity (Wildman–Crippen MR) is 66.4 cm³/mol. The fourth-order valence-electron chi connectivity index (χ4n) is 1.60. The predicted octanol–water partition coefficient (Wildman–Crippen LogP) is 1.39. The van der Waals surface area contributed by atoms with E-state index in [2.05, 4.69) is 4.98 Å². The largest absolute Gasteiger partial charge is 0.354 e. The molecule has 6 heteroatoms. The minimum Gasteiger partial charge on any atom is -0.354 e. The third-order valence-electron chi connectivity index (χ3n) is 2.60. The first kappa shape index (κ1) is 12.2. The van der Waals surface area contributed by atoms with Crippen molar-refractivity contribution in [3.8, 4) is 0 Å². The van der Waals surface area contributed by atoms with Gasteiger partial charge in [0.15, 0.2) is 6.29 Å². The Labute approximate surface area is 103 Å². The Hall–Kier alpha value is -1.24. The summed E-state index contributed by atoms with van der Waals surface area (Å²) in [6.07, 6.45) is 1.10. The highest BCUT2D eigenvalue weighted by Crippen LogP contribution is 2.19. The lowest BCUT2D eigenvalue weighted by Crippen LogP contribution is -2.28. The van der Waals surface area contributed by atoms with Crippen LogP contribution in [0.5, 0.6) is 0 Å². The van der Waals surface area contributed by atoms with Crippen LogP contribution in [0.15, 0.2) is 16.5 Å². The first-order valence-corrected chi connectivity index (χ1v) is 6.04. The van der Waals surface area contributed by atoms with E-state index in [9.17, 15) is 4.79 Å². The summed E-state index contributed by atoms with van der Waals surface area (Å²) >= 11 is 1.42. The zero-order chi connectivity index (χ0) is 12.4. The van der Waals surface area contributed by atoms with E-state index in [0.29, 0.717) is 11.2 Å². The van der Waals surface area contributed by atoms with E-state index in [1.807, 2.05) is 12.3 Å². The van der Waals surface area contributed by atoms with Gasteiger partial charge in [0.2, 0.25) is 0 Å². The smallest absolute Gasteiger partial charge is 0.271 e. The number of fused-ring (bicyclic) bond motifs is 1. The second kappa shape index (κ2) is 4.95. The SMILES string of the molecule is COC(Cn1cnc2c(C)csc2c1=O)OC. The maximum Gasteiger partial charge on any atom is 0.271 e. The molecule has 0 aromatic carbocycles. The van der Waals surface area contributed by atoms with E-state index in [1.54, 1.807) is 14.2 Å². The van der Waals surface area contributed by atoms with Gasteiger partial charge in [0.1, 0.15) is 4.70 Å². The van der Waals surface area contributed by atoms with Crippen molar-refractivity contribution in [1.82, 2.24) is 9.55 Å². The Morgan fingerprint density at radius 3 is 2.82 bits per heavy atom. The number of thiophene rings is 1. The molecule has 2 aromatic rings. The molecule has 0 bridgehead atoms. The molecule has 5 nitrogen and oxygen atoms in total. The lowest BCUT2D eigenvalue weighted by atomic mass is 10.3. The van der Waals surface area contributed by atoms with Crippen molar-refractivity contribution in [3.63, 3.8) is 0 Å². The second-order valence-electron chi connectivity index (χ2n) is 3.70. The molecule has 0 amide bonds. The summed E-state index contributed by atoms with van der Waals surface area (Å²) in [4.78, 5) is 16.4. The van der Waals surface area contributed by atoms with Crippen LogP contribution in [0.2, 0.25) is 0 Å². The highest BCUT2D eigenvalue weighted by Gasteiger charge is 2.12. The van der Waals surface area contributed by atoms with Crippen LogP contribution in [0.1, 0.15) is 5.56 Å². The third-order valence-corrected chi connectivity index (χ3v) is 3.67. The number of nitrogens with zero attached hydrogens (tertiary/aromatic N) is 2.